The summed E-state index contributed by atoms with van der Waals surface area (Å²) in [6.45, 7) is 0. The molecule has 5 heteroatoms. The fraction of sp³-hybridized carbons (Fsp3) is 0.0571. The van der Waals surface area contributed by atoms with E-state index in [-0.39, 0.29) is 0 Å². The van der Waals surface area contributed by atoms with Crippen molar-refractivity contribution in [3.63, 3.8) is 0 Å². The van der Waals surface area contributed by atoms with Gasteiger partial charge in [-0.25, -0.2) is 0 Å². The minimum Gasteiger partial charge on any atom is -0.424 e. The molecule has 4 nitrogen and oxygen atoms in total. The molecule has 0 amide bonds. The van der Waals surface area contributed by atoms with Gasteiger partial charge in [-0.3, -0.25) is 14.0 Å². The van der Waals surface area contributed by atoms with Crippen molar-refractivity contribution in [2.45, 2.75) is 11.2 Å². The predicted octanol–water partition coefficient (Wildman–Crippen LogP) is 8.77. The summed E-state index contributed by atoms with van der Waals surface area (Å²) in [5.41, 5.74) is 2.51. The summed E-state index contributed by atoms with van der Waals surface area (Å²) >= 11 is 0. The quantitative estimate of drug-likeness (QED) is 0.198. The summed E-state index contributed by atoms with van der Waals surface area (Å²) in [5, 5.41) is 0.990. The third-order valence-electron chi connectivity index (χ3n) is 7.41. The van der Waals surface area contributed by atoms with Crippen LogP contribution in [0.5, 0.6) is 5.75 Å². The molecule has 1 saturated heterocycles. The highest BCUT2D eigenvalue weighted by molar-refractivity contribution is 7.42. The average molecular weight is 540 g/mol. The highest BCUT2D eigenvalue weighted by Crippen LogP contribution is 2.70. The summed E-state index contributed by atoms with van der Waals surface area (Å²) in [5.74, 6) is 0.621. The second-order valence-electron chi connectivity index (χ2n) is 9.66. The standard InChI is InChI=1S/C35H26NO3P/c1-5-17-28(18-6-1)34(29-19-7-2-8-20-29)35(30-21-9-3-10-22-30,31-23-11-4-12-24-31)39-40(38-34)37-32-25-13-15-27-16-14-26-36-33(27)32/h1-26H. The van der Waals surface area contributed by atoms with Gasteiger partial charge < -0.3 is 4.52 Å². The molecule has 0 aliphatic carbocycles. The van der Waals surface area contributed by atoms with Gasteiger partial charge in [-0.05, 0) is 34.4 Å². The highest BCUT2D eigenvalue weighted by Gasteiger charge is 2.67. The normalized spacial score (nSPS) is 16.1. The molecule has 0 unspecified atom stereocenters. The zero-order valence-corrected chi connectivity index (χ0v) is 22.5. The van der Waals surface area contributed by atoms with E-state index in [4.69, 9.17) is 13.6 Å². The number of rotatable bonds is 6. The molecule has 0 saturated carbocycles. The Balaban J connectivity index is 1.51. The summed E-state index contributed by atoms with van der Waals surface area (Å²) in [6.07, 6.45) is 1.77. The number of para-hydroxylation sites is 1. The van der Waals surface area contributed by atoms with Gasteiger partial charge in [0.25, 0.3) is 0 Å². The predicted molar refractivity (Wildman–Crippen MR) is 159 cm³/mol. The fourth-order valence-electron chi connectivity index (χ4n) is 5.69. The Bertz CT molecular complexity index is 1560. The Labute approximate surface area is 234 Å². The van der Waals surface area contributed by atoms with Crippen molar-refractivity contribution >= 4 is 19.5 Å². The molecule has 1 fully saturated rings. The molecule has 6 aromatic rings. The van der Waals surface area contributed by atoms with E-state index in [1.807, 2.05) is 103 Å². The monoisotopic (exact) mass is 539 g/mol. The molecule has 40 heavy (non-hydrogen) atoms. The zero-order valence-electron chi connectivity index (χ0n) is 21.6. The summed E-state index contributed by atoms with van der Waals surface area (Å²) in [7, 11) is -1.90. The van der Waals surface area contributed by atoms with Crippen LogP contribution in [0.2, 0.25) is 0 Å². The van der Waals surface area contributed by atoms with Crippen LogP contribution in [0.4, 0.5) is 0 Å². The zero-order chi connectivity index (χ0) is 26.8. The van der Waals surface area contributed by atoms with Gasteiger partial charge in [0.2, 0.25) is 0 Å². The SMILES string of the molecule is c1ccc(C2(c3ccccc3)OP(Oc3cccc4cccnc34)OC2(c2ccccc2)c2ccccc2)cc1. The highest BCUT2D eigenvalue weighted by atomic mass is 31.2. The Hall–Kier alpha value is -4.34. The molecular weight excluding hydrogens is 513 g/mol. The fourth-order valence-corrected chi connectivity index (χ4v) is 7.23. The average Bonchev–Trinajstić information content (AvgIpc) is 3.39. The Morgan fingerprint density at radius 1 is 0.475 bits per heavy atom. The van der Waals surface area contributed by atoms with Crippen molar-refractivity contribution in [1.82, 2.24) is 4.98 Å². The lowest BCUT2D eigenvalue weighted by Gasteiger charge is -2.43. The molecule has 194 valence electrons. The molecule has 1 aromatic heterocycles. The van der Waals surface area contributed by atoms with E-state index in [0.29, 0.717) is 5.75 Å². The summed E-state index contributed by atoms with van der Waals surface area (Å²) in [6, 6.07) is 51.1. The molecule has 7 rings (SSSR count). The minimum atomic E-state index is -1.90. The van der Waals surface area contributed by atoms with Crippen molar-refractivity contribution in [3.8, 4) is 5.75 Å². The summed E-state index contributed by atoms with van der Waals surface area (Å²) < 4.78 is 21.0. The second-order valence-corrected chi connectivity index (χ2v) is 10.7. The molecule has 1 aliphatic heterocycles. The van der Waals surface area contributed by atoms with E-state index in [9.17, 15) is 0 Å². The third kappa shape index (κ3) is 3.92. The minimum absolute atomic E-state index is 0.621. The number of hydrogen-bond donors (Lipinski definition) is 0. The maximum absolute atomic E-state index is 7.19. The van der Waals surface area contributed by atoms with Gasteiger partial charge in [-0.15, -0.1) is 0 Å². The first-order valence-electron chi connectivity index (χ1n) is 13.2. The van der Waals surface area contributed by atoms with Crippen molar-refractivity contribution in [2.24, 2.45) is 0 Å². The van der Waals surface area contributed by atoms with Crippen LogP contribution in [-0.4, -0.2) is 4.98 Å². The van der Waals surface area contributed by atoms with Crippen LogP contribution in [-0.2, 0) is 20.2 Å². The number of nitrogens with zero attached hydrogens (tertiary/aromatic N) is 1. The van der Waals surface area contributed by atoms with Gasteiger partial charge in [-0.1, -0.05) is 140 Å². The van der Waals surface area contributed by atoms with E-state index >= 15 is 0 Å². The van der Waals surface area contributed by atoms with Crippen LogP contribution >= 0.6 is 8.60 Å². The van der Waals surface area contributed by atoms with E-state index in [0.717, 1.165) is 33.2 Å². The Morgan fingerprint density at radius 2 is 0.900 bits per heavy atom. The van der Waals surface area contributed by atoms with Crippen LogP contribution in [0.25, 0.3) is 10.9 Å². The van der Waals surface area contributed by atoms with E-state index in [1.165, 1.54) is 0 Å². The molecule has 5 aromatic carbocycles. The van der Waals surface area contributed by atoms with Crippen LogP contribution in [0.15, 0.2) is 158 Å². The number of benzene rings is 5. The lowest BCUT2D eigenvalue weighted by molar-refractivity contribution is 0.00370. The number of pyridine rings is 1. The topological polar surface area (TPSA) is 40.6 Å². The molecule has 1 aliphatic rings. The van der Waals surface area contributed by atoms with Crippen molar-refractivity contribution in [3.05, 3.63) is 180 Å². The van der Waals surface area contributed by atoms with Gasteiger partial charge in [0.05, 0.1) is 0 Å². The van der Waals surface area contributed by atoms with Crippen LogP contribution < -0.4 is 4.52 Å². The maximum atomic E-state index is 7.19. The van der Waals surface area contributed by atoms with Crippen LogP contribution in [0, 0.1) is 0 Å². The number of aromatic nitrogens is 1. The van der Waals surface area contributed by atoms with Crippen molar-refractivity contribution in [2.75, 3.05) is 0 Å². The molecular formula is C35H26NO3P. The van der Waals surface area contributed by atoms with E-state index in [2.05, 4.69) is 53.5 Å². The maximum Gasteiger partial charge on any atom is 0.400 e. The molecule has 0 N–H and O–H groups in total. The Kier molecular flexibility index (Phi) is 6.37. The van der Waals surface area contributed by atoms with E-state index in [1.54, 1.807) is 6.20 Å². The first kappa shape index (κ1) is 24.7. The lowest BCUT2D eigenvalue weighted by Crippen LogP contribution is -2.48. The van der Waals surface area contributed by atoms with Gasteiger partial charge in [0.15, 0.2) is 17.0 Å². The molecule has 2 heterocycles. The smallest absolute Gasteiger partial charge is 0.400 e. The largest absolute Gasteiger partial charge is 0.424 e. The van der Waals surface area contributed by atoms with Gasteiger partial charge in [-0.2, -0.15) is 0 Å². The molecule has 0 atom stereocenters. The van der Waals surface area contributed by atoms with Crippen molar-refractivity contribution in [1.29, 1.82) is 0 Å². The molecule has 0 bridgehead atoms. The number of hydrogen-bond acceptors (Lipinski definition) is 4. The molecule has 0 spiro atoms. The third-order valence-corrected chi connectivity index (χ3v) is 8.60. The van der Waals surface area contributed by atoms with Crippen molar-refractivity contribution < 1.29 is 13.6 Å². The Morgan fingerprint density at radius 3 is 1.35 bits per heavy atom. The van der Waals surface area contributed by atoms with Gasteiger partial charge in [0, 0.05) is 11.6 Å². The summed E-state index contributed by atoms with van der Waals surface area (Å²) in [4.78, 5) is 4.60. The number of fused-ring (bicyclic) bond motifs is 1. The first-order chi connectivity index (χ1) is 19.8. The van der Waals surface area contributed by atoms with Gasteiger partial charge >= 0.3 is 8.60 Å². The lowest BCUT2D eigenvalue weighted by atomic mass is 9.66. The second kappa shape index (κ2) is 10.3. The van der Waals surface area contributed by atoms with Crippen LogP contribution in [0.1, 0.15) is 22.3 Å². The van der Waals surface area contributed by atoms with Crippen LogP contribution in [0.3, 0.4) is 0 Å². The molecule has 0 radical (unpaired) electrons. The van der Waals surface area contributed by atoms with Gasteiger partial charge in [0.1, 0.15) is 5.52 Å². The van der Waals surface area contributed by atoms with E-state index < -0.39 is 19.8 Å². The first-order valence-corrected chi connectivity index (χ1v) is 14.3.